The third-order valence-corrected chi connectivity index (χ3v) is 5.64. The van der Waals surface area contributed by atoms with Crippen molar-refractivity contribution < 1.29 is 33.5 Å². The van der Waals surface area contributed by atoms with Gasteiger partial charge in [0.05, 0.1) is 34.2 Å². The molecule has 0 aliphatic carbocycles. The number of nitro benzene ring substituents is 1. The number of carbonyl (C=O) groups excluding carboxylic acids is 3. The van der Waals surface area contributed by atoms with Crippen molar-refractivity contribution in [2.45, 2.75) is 33.6 Å². The van der Waals surface area contributed by atoms with Crippen molar-refractivity contribution >= 4 is 23.6 Å². The number of para-hydroxylation sites is 1. The molecule has 0 radical (unpaired) electrons. The summed E-state index contributed by atoms with van der Waals surface area (Å²) in [5.41, 5.74) is 0.981. The molecule has 38 heavy (non-hydrogen) atoms. The zero-order valence-corrected chi connectivity index (χ0v) is 21.6. The second kappa shape index (κ2) is 12.6. The summed E-state index contributed by atoms with van der Waals surface area (Å²) < 4.78 is 16.0. The van der Waals surface area contributed by atoms with E-state index in [0.717, 1.165) is 0 Å². The first-order chi connectivity index (χ1) is 18.1. The number of nitrogens with zero attached hydrogens (tertiary/aromatic N) is 2. The van der Waals surface area contributed by atoms with Crippen molar-refractivity contribution in [2.75, 3.05) is 19.8 Å². The molecule has 1 N–H and O–H groups in total. The fourth-order valence-corrected chi connectivity index (χ4v) is 3.98. The molecule has 3 rings (SSSR count). The number of ether oxygens (including phenoxy) is 3. The lowest BCUT2D eigenvalue weighted by atomic mass is 9.79. The molecule has 0 bridgehead atoms. The van der Waals surface area contributed by atoms with Crippen LogP contribution in [0.3, 0.4) is 0 Å². The number of esters is 3. The molecule has 1 aliphatic rings. The number of nitrogens with one attached hydrogen (secondary N) is 1. The quantitative estimate of drug-likeness (QED) is 0.160. The van der Waals surface area contributed by atoms with Crippen molar-refractivity contribution in [3.63, 3.8) is 0 Å². The number of nitro groups is 1. The van der Waals surface area contributed by atoms with Crippen LogP contribution in [-0.4, -0.2) is 47.6 Å². The highest BCUT2D eigenvalue weighted by Gasteiger charge is 2.41. The summed E-state index contributed by atoms with van der Waals surface area (Å²) in [7, 11) is 0. The number of carbonyl (C=O) groups is 3. The molecular weight excluding hydrogens is 494 g/mol. The van der Waals surface area contributed by atoms with Gasteiger partial charge in [0.1, 0.15) is 13.2 Å². The molecule has 0 fully saturated rings. The van der Waals surface area contributed by atoms with E-state index in [-0.39, 0.29) is 53.7 Å². The standard InChI is InChI=1S/C27H29N3O8/c1-16(2)15-38-27(33)23-18(4)29-17(3)22(24(23)20-9-5-6-10-21(20)30(34)35)26(32)37-13-12-36-25(31)19-8-7-11-28-14-19/h5-11,14,16,24,29H,12-13,15H2,1-4H3. The maximum absolute atomic E-state index is 13.3. The summed E-state index contributed by atoms with van der Waals surface area (Å²) in [6, 6.07) is 9.01. The number of dihydropyridines is 1. The highest BCUT2D eigenvalue weighted by Crippen LogP contribution is 2.42. The van der Waals surface area contributed by atoms with Gasteiger partial charge in [0.15, 0.2) is 0 Å². The Morgan fingerprint density at radius 3 is 2.13 bits per heavy atom. The second-order valence-corrected chi connectivity index (χ2v) is 8.96. The van der Waals surface area contributed by atoms with Crippen molar-refractivity contribution in [3.05, 3.63) is 92.6 Å². The van der Waals surface area contributed by atoms with Gasteiger partial charge in [0, 0.05) is 35.4 Å². The predicted molar refractivity (Wildman–Crippen MR) is 136 cm³/mol. The fraction of sp³-hybridized carbons (Fsp3) is 0.333. The Bertz CT molecular complexity index is 1280. The van der Waals surface area contributed by atoms with Gasteiger partial charge in [-0.25, -0.2) is 14.4 Å². The third-order valence-electron chi connectivity index (χ3n) is 5.64. The van der Waals surface area contributed by atoms with Gasteiger partial charge in [-0.1, -0.05) is 32.0 Å². The van der Waals surface area contributed by atoms with Gasteiger partial charge in [-0.15, -0.1) is 0 Å². The zero-order chi connectivity index (χ0) is 27.8. The van der Waals surface area contributed by atoms with Gasteiger partial charge in [-0.3, -0.25) is 15.1 Å². The van der Waals surface area contributed by atoms with Crippen LogP contribution >= 0.6 is 0 Å². The van der Waals surface area contributed by atoms with Gasteiger partial charge in [-0.2, -0.15) is 0 Å². The van der Waals surface area contributed by atoms with E-state index in [9.17, 15) is 24.5 Å². The summed E-state index contributed by atoms with van der Waals surface area (Å²) in [5, 5.41) is 14.9. The largest absolute Gasteiger partial charge is 0.462 e. The Morgan fingerprint density at radius 1 is 0.947 bits per heavy atom. The molecular formula is C27H29N3O8. The minimum atomic E-state index is -1.12. The summed E-state index contributed by atoms with van der Waals surface area (Å²) >= 11 is 0. The van der Waals surface area contributed by atoms with Gasteiger partial charge in [0.2, 0.25) is 0 Å². The molecule has 0 spiro atoms. The maximum Gasteiger partial charge on any atom is 0.339 e. The topological polar surface area (TPSA) is 147 Å². The van der Waals surface area contributed by atoms with E-state index in [4.69, 9.17) is 14.2 Å². The smallest absolute Gasteiger partial charge is 0.339 e. The SMILES string of the molecule is CC1=C(C(=O)OCCOC(=O)c2cccnc2)C(c2ccccc2[N+](=O)[O-])C(C(=O)OCC(C)C)=C(C)N1. The van der Waals surface area contributed by atoms with E-state index >= 15 is 0 Å². The molecule has 11 heteroatoms. The fourth-order valence-electron chi connectivity index (χ4n) is 3.98. The van der Waals surface area contributed by atoms with Crippen LogP contribution in [0, 0.1) is 16.0 Å². The van der Waals surface area contributed by atoms with Crippen molar-refractivity contribution in [1.29, 1.82) is 0 Å². The molecule has 1 aromatic heterocycles. The van der Waals surface area contributed by atoms with Gasteiger partial charge in [-0.05, 0) is 31.9 Å². The van der Waals surface area contributed by atoms with Crippen LogP contribution in [0.15, 0.2) is 71.3 Å². The molecule has 2 aromatic rings. The Balaban J connectivity index is 1.88. The maximum atomic E-state index is 13.3. The van der Waals surface area contributed by atoms with E-state index in [0.29, 0.717) is 11.4 Å². The lowest BCUT2D eigenvalue weighted by Gasteiger charge is -2.30. The van der Waals surface area contributed by atoms with Crippen LogP contribution in [0.4, 0.5) is 5.69 Å². The van der Waals surface area contributed by atoms with E-state index in [1.54, 1.807) is 26.0 Å². The van der Waals surface area contributed by atoms with Crippen molar-refractivity contribution in [3.8, 4) is 0 Å². The van der Waals surface area contributed by atoms with E-state index in [1.807, 2.05) is 13.8 Å². The summed E-state index contributed by atoms with van der Waals surface area (Å²) in [4.78, 5) is 53.8. The van der Waals surface area contributed by atoms with Crippen molar-refractivity contribution in [1.82, 2.24) is 10.3 Å². The first-order valence-electron chi connectivity index (χ1n) is 11.9. The average Bonchev–Trinajstić information content (AvgIpc) is 2.89. The molecule has 1 aliphatic heterocycles. The molecule has 11 nitrogen and oxygen atoms in total. The Morgan fingerprint density at radius 2 is 1.55 bits per heavy atom. The third kappa shape index (κ3) is 6.61. The number of pyridine rings is 1. The van der Waals surface area contributed by atoms with Crippen LogP contribution in [0.2, 0.25) is 0 Å². The van der Waals surface area contributed by atoms with Crippen LogP contribution in [0.1, 0.15) is 49.5 Å². The Kier molecular flexibility index (Phi) is 9.31. The number of hydrogen-bond acceptors (Lipinski definition) is 10. The first kappa shape index (κ1) is 28.0. The molecule has 1 aromatic carbocycles. The monoisotopic (exact) mass is 523 g/mol. The Hall–Kier alpha value is -4.54. The van der Waals surface area contributed by atoms with E-state index in [2.05, 4.69) is 10.3 Å². The van der Waals surface area contributed by atoms with E-state index in [1.165, 1.54) is 36.7 Å². The van der Waals surface area contributed by atoms with Crippen LogP contribution < -0.4 is 5.32 Å². The first-order valence-corrected chi connectivity index (χ1v) is 11.9. The number of aromatic nitrogens is 1. The van der Waals surface area contributed by atoms with Crippen LogP contribution in [0.5, 0.6) is 0 Å². The van der Waals surface area contributed by atoms with Crippen molar-refractivity contribution in [2.24, 2.45) is 5.92 Å². The summed E-state index contributed by atoms with van der Waals surface area (Å²) in [6.07, 6.45) is 2.87. The van der Waals surface area contributed by atoms with Gasteiger partial charge >= 0.3 is 17.9 Å². The highest BCUT2D eigenvalue weighted by atomic mass is 16.6. The number of benzene rings is 1. The van der Waals surface area contributed by atoms with E-state index < -0.39 is 28.7 Å². The molecule has 0 saturated heterocycles. The predicted octanol–water partition coefficient (Wildman–Crippen LogP) is 3.82. The highest BCUT2D eigenvalue weighted by molar-refractivity contribution is 6.00. The van der Waals surface area contributed by atoms with Gasteiger partial charge < -0.3 is 19.5 Å². The number of rotatable bonds is 10. The van der Waals surface area contributed by atoms with Crippen LogP contribution in [-0.2, 0) is 23.8 Å². The second-order valence-electron chi connectivity index (χ2n) is 8.96. The lowest BCUT2D eigenvalue weighted by molar-refractivity contribution is -0.385. The number of hydrogen-bond donors (Lipinski definition) is 1. The normalized spacial score (nSPS) is 15.1. The molecule has 0 amide bonds. The zero-order valence-electron chi connectivity index (χ0n) is 21.6. The minimum absolute atomic E-state index is 0.0139. The Labute approximate surface area is 219 Å². The molecule has 0 saturated carbocycles. The molecule has 2 heterocycles. The minimum Gasteiger partial charge on any atom is -0.462 e. The lowest BCUT2D eigenvalue weighted by Crippen LogP contribution is -2.33. The molecule has 1 unspecified atom stereocenters. The van der Waals surface area contributed by atoms with Gasteiger partial charge in [0.25, 0.3) is 5.69 Å². The number of allylic oxidation sites excluding steroid dienone is 2. The molecule has 1 atom stereocenters. The summed E-state index contributed by atoms with van der Waals surface area (Å²) in [5.74, 6) is -3.22. The summed E-state index contributed by atoms with van der Waals surface area (Å²) in [6.45, 7) is 6.62. The van der Waals surface area contributed by atoms with Crippen LogP contribution in [0.25, 0.3) is 0 Å². The average molecular weight is 524 g/mol. The molecule has 200 valence electrons.